The van der Waals surface area contributed by atoms with Crippen molar-refractivity contribution in [3.8, 4) is 17.0 Å². The number of alkyl halides is 3. The maximum Gasteiger partial charge on any atom is 0.573 e. The van der Waals surface area contributed by atoms with E-state index in [1.807, 2.05) is 17.5 Å². The van der Waals surface area contributed by atoms with Crippen molar-refractivity contribution in [3.05, 3.63) is 64.7 Å². The highest BCUT2D eigenvalue weighted by molar-refractivity contribution is 7.17. The van der Waals surface area contributed by atoms with Crippen molar-refractivity contribution < 1.29 is 36.7 Å². The second kappa shape index (κ2) is 12.0. The molecule has 11 heteroatoms. The first-order chi connectivity index (χ1) is 20.3. The lowest BCUT2D eigenvalue weighted by Crippen LogP contribution is -2.24. The number of halogens is 3. The third kappa shape index (κ3) is 6.27. The van der Waals surface area contributed by atoms with Crippen LogP contribution in [0.15, 0.2) is 52.4 Å². The Morgan fingerprint density at radius 2 is 1.95 bits per heavy atom. The number of aromatic nitrogens is 1. The Hall–Kier alpha value is -3.57. The maximum absolute atomic E-state index is 13.1. The van der Waals surface area contributed by atoms with E-state index in [9.17, 15) is 18.0 Å². The highest BCUT2D eigenvalue weighted by Crippen LogP contribution is 2.46. The van der Waals surface area contributed by atoms with Crippen LogP contribution in [0.3, 0.4) is 0 Å². The molecule has 1 saturated heterocycles. The largest absolute Gasteiger partial charge is 0.573 e. The summed E-state index contributed by atoms with van der Waals surface area (Å²) in [6.45, 7) is 4.00. The number of esters is 1. The minimum Gasteiger partial charge on any atom is -0.462 e. The van der Waals surface area contributed by atoms with Crippen LogP contribution in [-0.2, 0) is 16.1 Å². The van der Waals surface area contributed by atoms with E-state index in [1.165, 1.54) is 23.5 Å². The molecule has 2 aromatic heterocycles. The molecule has 2 fully saturated rings. The van der Waals surface area contributed by atoms with Gasteiger partial charge in [-0.1, -0.05) is 23.4 Å². The molecule has 3 heterocycles. The van der Waals surface area contributed by atoms with Crippen LogP contribution in [0.2, 0.25) is 0 Å². The number of para-hydroxylation sites is 1. The van der Waals surface area contributed by atoms with Crippen LogP contribution in [0.4, 0.5) is 18.9 Å². The molecule has 4 aromatic rings. The van der Waals surface area contributed by atoms with Gasteiger partial charge in [0.1, 0.15) is 17.2 Å². The Bertz CT molecular complexity index is 1560. The number of carbonyl (C=O) groups is 1. The third-order valence-electron chi connectivity index (χ3n) is 7.69. The van der Waals surface area contributed by atoms with E-state index >= 15 is 0 Å². The summed E-state index contributed by atoms with van der Waals surface area (Å²) in [6, 6.07) is 12.1. The van der Waals surface area contributed by atoms with Crippen molar-refractivity contribution in [1.29, 1.82) is 0 Å². The number of carbonyl (C=O) groups excluding carboxylic acids is 1. The van der Waals surface area contributed by atoms with E-state index in [1.54, 1.807) is 19.1 Å². The third-order valence-corrected chi connectivity index (χ3v) is 8.64. The average molecular weight is 601 g/mol. The minimum absolute atomic E-state index is 0.0210. The molecule has 222 valence electrons. The van der Waals surface area contributed by atoms with Gasteiger partial charge in [-0.2, -0.15) is 0 Å². The second-order valence-corrected chi connectivity index (χ2v) is 11.5. The molecule has 0 radical (unpaired) electrons. The molecule has 1 atom stereocenters. The first-order valence-electron chi connectivity index (χ1n) is 14.2. The fourth-order valence-electron chi connectivity index (χ4n) is 5.49. The topological polar surface area (TPSA) is 74.0 Å². The number of fused-ring (bicyclic) bond motifs is 1. The van der Waals surface area contributed by atoms with Gasteiger partial charge in [0.25, 0.3) is 0 Å². The van der Waals surface area contributed by atoms with Gasteiger partial charge in [-0.15, -0.1) is 24.5 Å². The fraction of sp³-hybridized carbons (Fsp3) is 0.419. The van der Waals surface area contributed by atoms with Gasteiger partial charge in [-0.3, -0.25) is 0 Å². The Balaban J connectivity index is 1.15. The summed E-state index contributed by atoms with van der Waals surface area (Å²) in [5, 5.41) is 6.93. The van der Waals surface area contributed by atoms with Gasteiger partial charge in [0.05, 0.1) is 24.9 Å². The van der Waals surface area contributed by atoms with Gasteiger partial charge in [0, 0.05) is 51.3 Å². The molecule has 1 aliphatic carbocycles. The lowest BCUT2D eigenvalue weighted by atomic mass is 10.0. The van der Waals surface area contributed by atoms with E-state index in [0.717, 1.165) is 61.0 Å². The molecule has 7 nitrogen and oxygen atoms in total. The number of anilines is 1. The number of thiophene rings is 1. The maximum atomic E-state index is 13.1. The van der Waals surface area contributed by atoms with Crippen molar-refractivity contribution in [2.24, 2.45) is 0 Å². The molecule has 1 saturated carbocycles. The second-order valence-electron chi connectivity index (χ2n) is 10.6. The highest BCUT2D eigenvalue weighted by Gasteiger charge is 2.36. The van der Waals surface area contributed by atoms with Crippen molar-refractivity contribution in [2.75, 3.05) is 24.6 Å². The van der Waals surface area contributed by atoms with Crippen molar-refractivity contribution >= 4 is 33.1 Å². The molecule has 1 aliphatic heterocycles. The molecule has 0 spiro atoms. The summed E-state index contributed by atoms with van der Waals surface area (Å²) in [7, 11) is 0. The molecular formula is C31H31F3N2O5S. The summed E-state index contributed by atoms with van der Waals surface area (Å²) >= 11 is 1.53. The highest BCUT2D eigenvalue weighted by atomic mass is 32.1. The lowest BCUT2D eigenvalue weighted by Gasteiger charge is -2.23. The molecule has 0 amide bonds. The van der Waals surface area contributed by atoms with Crippen LogP contribution in [0.25, 0.3) is 21.3 Å². The van der Waals surface area contributed by atoms with Crippen LogP contribution < -0.4 is 9.64 Å². The minimum atomic E-state index is -4.82. The first-order valence-corrected chi connectivity index (χ1v) is 15.1. The summed E-state index contributed by atoms with van der Waals surface area (Å²) in [6.07, 6.45) is -0.351. The predicted molar refractivity (Wildman–Crippen MR) is 153 cm³/mol. The number of ether oxygens (including phenoxy) is 3. The Labute approximate surface area is 245 Å². The summed E-state index contributed by atoms with van der Waals surface area (Å²) in [4.78, 5) is 14.6. The van der Waals surface area contributed by atoms with Gasteiger partial charge < -0.3 is 23.6 Å². The smallest absolute Gasteiger partial charge is 0.462 e. The molecule has 6 rings (SSSR count). The zero-order valence-electron chi connectivity index (χ0n) is 23.1. The molecule has 2 aliphatic rings. The molecule has 0 N–H and O–H groups in total. The standard InChI is InChI=1S/C31H31F3N2O5S/c1-2-38-30(37)25-18-42-27-16-20(11-12-22(25)27)36-14-5-6-21(13-15-36)39-17-24-28(35-41-29(24)19-9-10-19)23-7-3-4-8-26(23)40-31(32,33)34/h3-4,7-8,11-12,16,18-19,21H,2,5-6,9-10,13-15,17H2,1H3. The average Bonchev–Trinajstić information content (AvgIpc) is 3.65. The van der Waals surface area contributed by atoms with Gasteiger partial charge >= 0.3 is 12.3 Å². The van der Waals surface area contributed by atoms with Crippen LogP contribution in [-0.4, -0.2) is 43.3 Å². The van der Waals surface area contributed by atoms with E-state index in [4.69, 9.17) is 14.0 Å². The van der Waals surface area contributed by atoms with Crippen molar-refractivity contribution in [1.82, 2.24) is 5.16 Å². The molecular weight excluding hydrogens is 569 g/mol. The zero-order chi connectivity index (χ0) is 29.3. The number of nitrogens with zero attached hydrogens (tertiary/aromatic N) is 2. The Morgan fingerprint density at radius 1 is 1.12 bits per heavy atom. The van der Waals surface area contributed by atoms with Crippen LogP contribution >= 0.6 is 11.3 Å². The SMILES string of the molecule is CCOC(=O)c1csc2cc(N3CCCC(OCc4c(-c5ccccc5OC(F)(F)F)noc4C4CC4)CC3)ccc12. The van der Waals surface area contributed by atoms with E-state index < -0.39 is 6.36 Å². The molecule has 42 heavy (non-hydrogen) atoms. The lowest BCUT2D eigenvalue weighted by molar-refractivity contribution is -0.274. The van der Waals surface area contributed by atoms with Gasteiger partial charge in [-0.05, 0) is 63.3 Å². The van der Waals surface area contributed by atoms with Gasteiger partial charge in [0.2, 0.25) is 0 Å². The van der Waals surface area contributed by atoms with E-state index in [-0.39, 0.29) is 35.9 Å². The van der Waals surface area contributed by atoms with Gasteiger partial charge in [-0.25, -0.2) is 4.79 Å². The van der Waals surface area contributed by atoms with E-state index in [0.29, 0.717) is 29.2 Å². The normalized spacial score (nSPS) is 17.8. The van der Waals surface area contributed by atoms with Crippen molar-refractivity contribution in [3.63, 3.8) is 0 Å². The Morgan fingerprint density at radius 3 is 2.74 bits per heavy atom. The summed E-state index contributed by atoms with van der Waals surface area (Å²) < 4.78 is 61.8. The number of rotatable bonds is 9. The fourth-order valence-corrected chi connectivity index (χ4v) is 6.45. The number of hydrogen-bond acceptors (Lipinski definition) is 8. The number of hydrogen-bond donors (Lipinski definition) is 0. The molecule has 1 unspecified atom stereocenters. The van der Waals surface area contributed by atoms with Crippen LogP contribution in [0.1, 0.15) is 66.6 Å². The summed E-state index contributed by atoms with van der Waals surface area (Å²) in [5.41, 5.74) is 2.94. The van der Waals surface area contributed by atoms with Crippen LogP contribution in [0, 0.1) is 0 Å². The first kappa shape index (κ1) is 28.5. The zero-order valence-corrected chi connectivity index (χ0v) is 23.9. The quantitative estimate of drug-likeness (QED) is 0.180. The monoisotopic (exact) mass is 600 g/mol. The molecule has 2 aromatic carbocycles. The summed E-state index contributed by atoms with van der Waals surface area (Å²) in [5.74, 6) is 0.280. The predicted octanol–water partition coefficient (Wildman–Crippen LogP) is 8.08. The van der Waals surface area contributed by atoms with Gasteiger partial charge in [0.15, 0.2) is 0 Å². The Kier molecular flexibility index (Phi) is 8.13. The van der Waals surface area contributed by atoms with Crippen molar-refractivity contribution in [2.45, 2.75) is 64.0 Å². The van der Waals surface area contributed by atoms with Crippen LogP contribution in [0.5, 0.6) is 5.75 Å². The number of benzene rings is 2. The van der Waals surface area contributed by atoms with E-state index in [2.05, 4.69) is 20.9 Å². The molecule has 0 bridgehead atoms.